The van der Waals surface area contributed by atoms with Crippen LogP contribution in [0.3, 0.4) is 0 Å². The molecule has 0 aliphatic heterocycles. The van der Waals surface area contributed by atoms with E-state index in [4.69, 9.17) is 0 Å². The minimum atomic E-state index is -5.33. The number of rotatable bonds is 3. The van der Waals surface area contributed by atoms with E-state index in [9.17, 15) is 62.6 Å². The summed E-state index contributed by atoms with van der Waals surface area (Å²) in [7, 11) is 0. The molecule has 0 heterocycles. The van der Waals surface area contributed by atoms with Crippen molar-refractivity contribution in [2.45, 2.75) is 24.7 Å². The highest BCUT2D eigenvalue weighted by atomic mass is 19.4. The van der Waals surface area contributed by atoms with E-state index >= 15 is 0 Å². The van der Waals surface area contributed by atoms with Crippen molar-refractivity contribution in [3.8, 4) is 0 Å². The lowest BCUT2D eigenvalue weighted by molar-refractivity contribution is -0.144. The maximum absolute atomic E-state index is 12.9. The molecule has 0 spiro atoms. The summed E-state index contributed by atoms with van der Waals surface area (Å²) in [6.45, 7) is 0. The Hall–Kier alpha value is -3.19. The van der Waals surface area contributed by atoms with Crippen molar-refractivity contribution in [2.24, 2.45) is 0 Å². The van der Waals surface area contributed by atoms with Gasteiger partial charge in [-0.25, -0.2) is 0 Å². The van der Waals surface area contributed by atoms with Crippen molar-refractivity contribution in [1.82, 2.24) is 0 Å². The number of aliphatic hydroxyl groups excluding tert-OH is 1. The highest BCUT2D eigenvalue weighted by Crippen LogP contribution is 2.38. The maximum Gasteiger partial charge on any atom is 0.416 e. The van der Waals surface area contributed by atoms with E-state index in [-0.39, 0.29) is 42.5 Å². The van der Waals surface area contributed by atoms with Crippen molar-refractivity contribution in [2.75, 3.05) is 0 Å². The van der Waals surface area contributed by atoms with E-state index < -0.39 is 69.6 Å². The molecule has 0 atom stereocenters. The zero-order chi connectivity index (χ0) is 25.6. The van der Waals surface area contributed by atoms with Gasteiger partial charge >= 0.3 is 24.7 Å². The summed E-state index contributed by atoms with van der Waals surface area (Å²) in [4.78, 5) is 12.1. The van der Waals surface area contributed by atoms with E-state index in [0.717, 1.165) is 0 Å². The number of allylic oxidation sites excluding steroid dienone is 1. The molecular weight excluding hydrogens is 488 g/mol. The molecule has 0 saturated carbocycles. The zero-order valence-electron chi connectivity index (χ0n) is 15.4. The van der Waals surface area contributed by atoms with Crippen molar-refractivity contribution in [3.63, 3.8) is 0 Å². The van der Waals surface area contributed by atoms with Gasteiger partial charge in [-0.15, -0.1) is 0 Å². The normalized spacial score (nSPS) is 13.9. The molecular formula is C19H8F12O2. The highest BCUT2D eigenvalue weighted by molar-refractivity contribution is 6.08. The number of halogens is 12. The summed E-state index contributed by atoms with van der Waals surface area (Å²) in [6, 6.07) is -0.601. The third-order valence-electron chi connectivity index (χ3n) is 4.02. The van der Waals surface area contributed by atoms with Gasteiger partial charge in [0.25, 0.3) is 0 Å². The molecule has 2 nitrogen and oxygen atoms in total. The van der Waals surface area contributed by atoms with Crippen LogP contribution >= 0.6 is 0 Å². The van der Waals surface area contributed by atoms with Gasteiger partial charge in [0, 0.05) is 17.2 Å². The monoisotopic (exact) mass is 496 g/mol. The molecule has 0 unspecified atom stereocenters. The molecule has 0 aromatic heterocycles. The number of hydrogen-bond acceptors (Lipinski definition) is 2. The lowest BCUT2D eigenvalue weighted by atomic mass is 9.99. The number of ketones is 1. The minimum absolute atomic E-state index is 0.0155. The molecule has 14 heteroatoms. The molecule has 1 N–H and O–H groups in total. The lowest BCUT2D eigenvalue weighted by Gasteiger charge is -2.14. The Morgan fingerprint density at radius 2 is 0.818 bits per heavy atom. The fourth-order valence-corrected chi connectivity index (χ4v) is 2.49. The number of alkyl halides is 12. The Balaban J connectivity index is 2.62. The van der Waals surface area contributed by atoms with Gasteiger partial charge in [0.05, 0.1) is 22.3 Å². The Kier molecular flexibility index (Phi) is 6.56. The minimum Gasteiger partial charge on any atom is -0.507 e. The van der Waals surface area contributed by atoms with E-state index in [1.54, 1.807) is 0 Å². The number of aliphatic hydroxyl groups is 1. The summed E-state index contributed by atoms with van der Waals surface area (Å²) in [5, 5.41) is 9.85. The van der Waals surface area contributed by atoms with Gasteiger partial charge in [0.1, 0.15) is 5.76 Å². The molecule has 0 amide bonds. The molecule has 0 radical (unpaired) electrons. The molecule has 2 rings (SSSR count). The van der Waals surface area contributed by atoms with Gasteiger partial charge in [-0.2, -0.15) is 52.7 Å². The number of benzene rings is 2. The van der Waals surface area contributed by atoms with E-state index in [0.29, 0.717) is 0 Å². The first-order valence-electron chi connectivity index (χ1n) is 8.24. The predicted molar refractivity (Wildman–Crippen MR) is 87.8 cm³/mol. The standard InChI is InChI=1S/C19H8F12O2/c20-16(21,22)10-1-8(2-11(5-10)17(23,24)25)14(32)7-15(33)9-3-12(18(26,27)28)6-13(4-9)19(29,30)31/h1-7,32H/b14-7-. The summed E-state index contributed by atoms with van der Waals surface area (Å²) >= 11 is 0. The van der Waals surface area contributed by atoms with Crippen molar-refractivity contribution in [3.05, 3.63) is 75.9 Å². The SMILES string of the molecule is O=C(/C=C(\O)c1cc(C(F)(F)F)cc(C(F)(F)F)c1)c1cc(C(F)(F)F)cc(C(F)(F)F)c1. The van der Waals surface area contributed by atoms with Crippen LogP contribution in [0.5, 0.6) is 0 Å². The van der Waals surface area contributed by atoms with Crippen LogP contribution < -0.4 is 0 Å². The third-order valence-corrected chi connectivity index (χ3v) is 4.02. The van der Waals surface area contributed by atoms with Gasteiger partial charge < -0.3 is 5.11 Å². The van der Waals surface area contributed by atoms with Gasteiger partial charge in [-0.3, -0.25) is 4.79 Å². The van der Waals surface area contributed by atoms with Crippen LogP contribution in [0.1, 0.15) is 38.2 Å². The topological polar surface area (TPSA) is 37.3 Å². The molecule has 0 fully saturated rings. The molecule has 2 aromatic carbocycles. The van der Waals surface area contributed by atoms with Gasteiger partial charge in [-0.1, -0.05) is 0 Å². The van der Waals surface area contributed by atoms with Crippen LogP contribution in [-0.4, -0.2) is 10.9 Å². The Labute approximate surface area is 175 Å². The summed E-state index contributed by atoms with van der Waals surface area (Å²) in [6.07, 6.45) is -21.4. The van der Waals surface area contributed by atoms with Crippen LogP contribution in [0.2, 0.25) is 0 Å². The van der Waals surface area contributed by atoms with Gasteiger partial charge in [0.2, 0.25) is 0 Å². The van der Waals surface area contributed by atoms with Crippen LogP contribution in [0.25, 0.3) is 5.76 Å². The molecule has 33 heavy (non-hydrogen) atoms. The zero-order valence-corrected chi connectivity index (χ0v) is 15.4. The first kappa shape index (κ1) is 26.1. The maximum atomic E-state index is 12.9. The molecule has 0 aliphatic rings. The number of carbonyl (C=O) groups excluding carboxylic acids is 1. The smallest absolute Gasteiger partial charge is 0.416 e. The van der Waals surface area contributed by atoms with Crippen LogP contribution in [0.15, 0.2) is 42.5 Å². The highest BCUT2D eigenvalue weighted by Gasteiger charge is 2.38. The fourth-order valence-electron chi connectivity index (χ4n) is 2.49. The Morgan fingerprint density at radius 3 is 1.09 bits per heavy atom. The molecule has 0 aliphatic carbocycles. The van der Waals surface area contributed by atoms with Crippen molar-refractivity contribution < 1.29 is 62.6 Å². The second-order valence-corrected chi connectivity index (χ2v) is 6.48. The van der Waals surface area contributed by atoms with Crippen LogP contribution in [0, 0.1) is 0 Å². The second-order valence-electron chi connectivity index (χ2n) is 6.48. The third kappa shape index (κ3) is 6.42. The van der Waals surface area contributed by atoms with Crippen LogP contribution in [-0.2, 0) is 24.7 Å². The first-order valence-corrected chi connectivity index (χ1v) is 8.24. The second kappa shape index (κ2) is 8.30. The van der Waals surface area contributed by atoms with Crippen molar-refractivity contribution >= 4 is 11.5 Å². The molecule has 0 saturated heterocycles. The average molecular weight is 496 g/mol. The predicted octanol–water partition coefficient (Wildman–Crippen LogP) is 7.54. The van der Waals surface area contributed by atoms with Crippen molar-refractivity contribution in [1.29, 1.82) is 0 Å². The largest absolute Gasteiger partial charge is 0.507 e. The van der Waals surface area contributed by atoms with E-state index in [2.05, 4.69) is 0 Å². The van der Waals surface area contributed by atoms with Gasteiger partial charge in [-0.05, 0) is 36.4 Å². The average Bonchev–Trinajstić information content (AvgIpc) is 2.64. The number of hydrogen-bond donors (Lipinski definition) is 1. The molecule has 0 bridgehead atoms. The first-order chi connectivity index (χ1) is 14.7. The number of carbonyl (C=O) groups is 1. The summed E-state index contributed by atoms with van der Waals surface area (Å²) in [5.74, 6) is -3.29. The van der Waals surface area contributed by atoms with Gasteiger partial charge in [0.15, 0.2) is 5.78 Å². The molecule has 180 valence electrons. The van der Waals surface area contributed by atoms with E-state index in [1.165, 1.54) is 0 Å². The van der Waals surface area contributed by atoms with Crippen LogP contribution in [0.4, 0.5) is 52.7 Å². The fraction of sp³-hybridized carbons (Fsp3) is 0.211. The summed E-state index contributed by atoms with van der Waals surface area (Å²) < 4.78 is 155. The molecule has 2 aromatic rings. The lowest BCUT2D eigenvalue weighted by Crippen LogP contribution is -2.13. The summed E-state index contributed by atoms with van der Waals surface area (Å²) in [5.41, 5.74) is -10.0. The Bertz CT molecular complexity index is 1020. The Morgan fingerprint density at radius 1 is 0.545 bits per heavy atom. The quantitative estimate of drug-likeness (QED) is 0.206. The van der Waals surface area contributed by atoms with E-state index in [1.807, 2.05) is 0 Å².